The molecule has 0 saturated carbocycles. The van der Waals surface area contributed by atoms with Crippen LogP contribution in [0.5, 0.6) is 0 Å². The zero-order valence-corrected chi connectivity index (χ0v) is 12.2. The monoisotopic (exact) mass is 299 g/mol. The van der Waals surface area contributed by atoms with Gasteiger partial charge in [0.15, 0.2) is 5.82 Å². The molecule has 1 amide bonds. The number of ether oxygens (including phenoxy) is 1. The van der Waals surface area contributed by atoms with Gasteiger partial charge in [-0.15, -0.1) is 0 Å². The zero-order valence-electron chi connectivity index (χ0n) is 12.2. The summed E-state index contributed by atoms with van der Waals surface area (Å²) in [7, 11) is 0. The standard InChI is InChI=1S/C13H18FN3O4/c1-13(2,3)21-12(20)16-5-4-6-17-8(7-16)9(14)10(15-17)11(18)19/h4-7H2,1-3H3,(H,18,19). The fourth-order valence-electron chi connectivity index (χ4n) is 2.10. The molecule has 0 saturated heterocycles. The molecule has 2 heterocycles. The predicted octanol–water partition coefficient (Wildman–Crippen LogP) is 1.86. The molecule has 0 unspecified atom stereocenters. The smallest absolute Gasteiger partial charge is 0.410 e. The molecule has 1 aromatic heterocycles. The number of aromatic nitrogens is 2. The summed E-state index contributed by atoms with van der Waals surface area (Å²) >= 11 is 0. The number of amides is 1. The van der Waals surface area contributed by atoms with Gasteiger partial charge in [0.2, 0.25) is 5.69 Å². The van der Waals surface area contributed by atoms with E-state index in [4.69, 9.17) is 9.84 Å². The van der Waals surface area contributed by atoms with Crippen molar-refractivity contribution in [2.75, 3.05) is 6.54 Å². The van der Waals surface area contributed by atoms with Crippen LogP contribution < -0.4 is 0 Å². The minimum atomic E-state index is -1.42. The average Bonchev–Trinajstić information content (AvgIpc) is 2.55. The van der Waals surface area contributed by atoms with E-state index in [1.165, 1.54) is 9.58 Å². The van der Waals surface area contributed by atoms with Crippen molar-refractivity contribution in [1.82, 2.24) is 14.7 Å². The van der Waals surface area contributed by atoms with Gasteiger partial charge in [0.25, 0.3) is 0 Å². The number of carboxylic acids is 1. The van der Waals surface area contributed by atoms with Crippen LogP contribution in [0.1, 0.15) is 43.4 Å². The third-order valence-corrected chi connectivity index (χ3v) is 2.99. The van der Waals surface area contributed by atoms with E-state index in [9.17, 15) is 14.0 Å². The highest BCUT2D eigenvalue weighted by molar-refractivity contribution is 5.85. The Morgan fingerprint density at radius 2 is 2.00 bits per heavy atom. The normalized spacial score (nSPS) is 15.3. The van der Waals surface area contributed by atoms with Crippen LogP contribution in [0.2, 0.25) is 0 Å². The van der Waals surface area contributed by atoms with Crippen molar-refractivity contribution in [3.8, 4) is 0 Å². The SMILES string of the molecule is CC(C)(C)OC(=O)N1CCCn2nc(C(=O)O)c(F)c2C1. The summed E-state index contributed by atoms with van der Waals surface area (Å²) in [5.41, 5.74) is -1.17. The maximum Gasteiger partial charge on any atom is 0.410 e. The first-order chi connectivity index (χ1) is 9.69. The summed E-state index contributed by atoms with van der Waals surface area (Å²) in [4.78, 5) is 24.3. The Hall–Kier alpha value is -2.12. The third kappa shape index (κ3) is 3.32. The quantitative estimate of drug-likeness (QED) is 0.855. The van der Waals surface area contributed by atoms with Crippen molar-refractivity contribution >= 4 is 12.1 Å². The van der Waals surface area contributed by atoms with Crippen molar-refractivity contribution in [3.05, 3.63) is 17.2 Å². The zero-order chi connectivity index (χ0) is 15.8. The Balaban J connectivity index is 2.24. The number of halogens is 1. The molecular formula is C13H18FN3O4. The van der Waals surface area contributed by atoms with Crippen LogP contribution >= 0.6 is 0 Å². The lowest BCUT2D eigenvalue weighted by Crippen LogP contribution is -2.36. The minimum absolute atomic E-state index is 0.0545. The van der Waals surface area contributed by atoms with Crippen molar-refractivity contribution in [2.45, 2.75) is 45.9 Å². The molecule has 1 aromatic rings. The first-order valence-corrected chi connectivity index (χ1v) is 6.65. The molecule has 0 atom stereocenters. The molecule has 0 fully saturated rings. The first-order valence-electron chi connectivity index (χ1n) is 6.65. The Kier molecular flexibility index (Phi) is 3.89. The van der Waals surface area contributed by atoms with Gasteiger partial charge in [0, 0.05) is 13.1 Å². The van der Waals surface area contributed by atoms with Crippen LogP contribution in [0.3, 0.4) is 0 Å². The van der Waals surface area contributed by atoms with Crippen molar-refractivity contribution in [3.63, 3.8) is 0 Å². The highest BCUT2D eigenvalue weighted by atomic mass is 19.1. The van der Waals surface area contributed by atoms with E-state index in [-0.39, 0.29) is 12.2 Å². The maximum absolute atomic E-state index is 14.1. The van der Waals surface area contributed by atoms with Gasteiger partial charge in [-0.3, -0.25) is 4.68 Å². The Labute approximate surface area is 121 Å². The van der Waals surface area contributed by atoms with Crippen LogP contribution in [0.25, 0.3) is 0 Å². The summed E-state index contributed by atoms with van der Waals surface area (Å²) in [6.45, 7) is 5.95. The van der Waals surface area contributed by atoms with E-state index in [1.807, 2.05) is 0 Å². The lowest BCUT2D eigenvalue weighted by atomic mass is 10.2. The van der Waals surface area contributed by atoms with E-state index in [0.717, 1.165) is 0 Å². The van der Waals surface area contributed by atoms with Crippen LogP contribution in [-0.2, 0) is 17.8 Å². The van der Waals surface area contributed by atoms with E-state index >= 15 is 0 Å². The number of hydrogen-bond acceptors (Lipinski definition) is 4. The summed E-state index contributed by atoms with van der Waals surface area (Å²) in [5, 5.41) is 12.6. The van der Waals surface area contributed by atoms with Gasteiger partial charge in [0.05, 0.1) is 12.2 Å². The van der Waals surface area contributed by atoms with Gasteiger partial charge in [-0.05, 0) is 27.2 Å². The second kappa shape index (κ2) is 5.34. The molecule has 116 valence electrons. The molecule has 0 aliphatic carbocycles. The second-order valence-corrected chi connectivity index (χ2v) is 5.89. The summed E-state index contributed by atoms with van der Waals surface area (Å²) in [6.07, 6.45) is 0.000283. The molecule has 8 heteroatoms. The Bertz CT molecular complexity index is 577. The van der Waals surface area contributed by atoms with Crippen LogP contribution in [-0.4, -0.2) is 44.0 Å². The van der Waals surface area contributed by atoms with Crippen LogP contribution in [0.4, 0.5) is 9.18 Å². The first kappa shape index (κ1) is 15.3. The van der Waals surface area contributed by atoms with Gasteiger partial charge in [0.1, 0.15) is 5.60 Å². The van der Waals surface area contributed by atoms with Gasteiger partial charge in [-0.2, -0.15) is 5.10 Å². The number of carbonyl (C=O) groups is 2. The molecule has 21 heavy (non-hydrogen) atoms. The van der Waals surface area contributed by atoms with Crippen molar-refractivity contribution in [2.24, 2.45) is 0 Å². The molecule has 2 rings (SSSR count). The molecular weight excluding hydrogens is 281 g/mol. The van der Waals surface area contributed by atoms with Gasteiger partial charge < -0.3 is 14.7 Å². The van der Waals surface area contributed by atoms with Gasteiger partial charge in [-0.25, -0.2) is 14.0 Å². The third-order valence-electron chi connectivity index (χ3n) is 2.99. The molecule has 1 aliphatic rings. The lowest BCUT2D eigenvalue weighted by molar-refractivity contribution is 0.0235. The number of nitrogens with zero attached hydrogens (tertiary/aromatic N) is 3. The molecule has 1 aliphatic heterocycles. The predicted molar refractivity (Wildman–Crippen MR) is 70.4 cm³/mol. The minimum Gasteiger partial charge on any atom is -0.476 e. The number of aromatic carboxylic acids is 1. The topological polar surface area (TPSA) is 84.7 Å². The molecule has 0 radical (unpaired) electrons. The largest absolute Gasteiger partial charge is 0.476 e. The number of aryl methyl sites for hydroxylation is 1. The fourth-order valence-corrected chi connectivity index (χ4v) is 2.10. The van der Waals surface area contributed by atoms with Gasteiger partial charge >= 0.3 is 12.1 Å². The number of carboxylic acid groups (broad SMARTS) is 1. The van der Waals surface area contributed by atoms with E-state index in [1.54, 1.807) is 20.8 Å². The highest BCUT2D eigenvalue weighted by Gasteiger charge is 2.30. The number of hydrogen-bond donors (Lipinski definition) is 1. The van der Waals surface area contributed by atoms with Crippen LogP contribution in [0, 0.1) is 5.82 Å². The second-order valence-electron chi connectivity index (χ2n) is 5.89. The highest BCUT2D eigenvalue weighted by Crippen LogP contribution is 2.20. The summed E-state index contributed by atoms with van der Waals surface area (Å²) in [6, 6.07) is 0. The molecule has 1 N–H and O–H groups in total. The van der Waals surface area contributed by atoms with Crippen molar-refractivity contribution in [1.29, 1.82) is 0 Å². The lowest BCUT2D eigenvalue weighted by Gasteiger charge is -2.26. The van der Waals surface area contributed by atoms with E-state index < -0.39 is 29.2 Å². The van der Waals surface area contributed by atoms with E-state index in [0.29, 0.717) is 19.5 Å². The Morgan fingerprint density at radius 1 is 1.33 bits per heavy atom. The molecule has 0 spiro atoms. The average molecular weight is 299 g/mol. The fraction of sp³-hybridized carbons (Fsp3) is 0.615. The number of fused-ring (bicyclic) bond motifs is 1. The maximum atomic E-state index is 14.1. The van der Waals surface area contributed by atoms with Crippen molar-refractivity contribution < 1.29 is 23.8 Å². The summed E-state index contributed by atoms with van der Waals surface area (Å²) in [5.74, 6) is -2.31. The Morgan fingerprint density at radius 3 is 2.57 bits per heavy atom. The molecule has 0 aromatic carbocycles. The number of carbonyl (C=O) groups excluding carboxylic acids is 1. The number of rotatable bonds is 1. The van der Waals surface area contributed by atoms with E-state index in [2.05, 4.69) is 5.10 Å². The van der Waals surface area contributed by atoms with Crippen LogP contribution in [0.15, 0.2) is 0 Å². The van der Waals surface area contributed by atoms with Gasteiger partial charge in [-0.1, -0.05) is 0 Å². The molecule has 0 bridgehead atoms. The summed E-state index contributed by atoms with van der Waals surface area (Å²) < 4.78 is 20.6. The molecule has 7 nitrogen and oxygen atoms in total.